The second kappa shape index (κ2) is 6.24. The number of nitrogens with one attached hydrogen (secondary N) is 1. The number of aromatic nitrogens is 2. The van der Waals surface area contributed by atoms with Crippen LogP contribution in [-0.2, 0) is 0 Å². The molecule has 0 saturated heterocycles. The van der Waals surface area contributed by atoms with Crippen LogP contribution in [0, 0.1) is 3.57 Å². The summed E-state index contributed by atoms with van der Waals surface area (Å²) in [6.45, 7) is 4.26. The number of rotatable bonds is 3. The van der Waals surface area contributed by atoms with E-state index in [2.05, 4.69) is 67.7 Å². The van der Waals surface area contributed by atoms with Gasteiger partial charge in [0.15, 0.2) is 5.82 Å². The van der Waals surface area contributed by atoms with Crippen molar-refractivity contribution in [3.8, 4) is 10.7 Å². The zero-order valence-corrected chi connectivity index (χ0v) is 15.9. The van der Waals surface area contributed by atoms with Crippen LogP contribution in [0.4, 0.5) is 5.82 Å². The number of thiophene rings is 1. The topological polar surface area (TPSA) is 37.8 Å². The van der Waals surface area contributed by atoms with Crippen molar-refractivity contribution in [3.63, 3.8) is 0 Å². The van der Waals surface area contributed by atoms with Crippen molar-refractivity contribution in [2.75, 3.05) is 12.4 Å². The Morgan fingerprint density at radius 1 is 1.42 bits per heavy atom. The highest BCUT2D eigenvalue weighted by atomic mass is 127. The van der Waals surface area contributed by atoms with Gasteiger partial charge in [0.05, 0.1) is 14.1 Å². The van der Waals surface area contributed by atoms with E-state index in [-0.39, 0.29) is 0 Å². The summed E-state index contributed by atoms with van der Waals surface area (Å²) in [5.41, 5.74) is 1.05. The number of hydrogen-bond acceptors (Lipinski definition) is 4. The molecule has 19 heavy (non-hydrogen) atoms. The van der Waals surface area contributed by atoms with E-state index >= 15 is 0 Å². The Labute approximate surface area is 143 Å². The molecule has 2 rings (SSSR count). The number of halogens is 3. The van der Waals surface area contributed by atoms with E-state index in [1.807, 2.05) is 13.1 Å². The first kappa shape index (κ1) is 15.5. The highest BCUT2D eigenvalue weighted by molar-refractivity contribution is 14.1. The second-order valence-electron chi connectivity index (χ2n) is 4.23. The number of anilines is 1. The lowest BCUT2D eigenvalue weighted by Crippen LogP contribution is -2.06. The van der Waals surface area contributed by atoms with Crippen LogP contribution in [0.3, 0.4) is 0 Å². The molecule has 0 bridgehead atoms. The average molecular weight is 473 g/mol. The normalized spacial score (nSPS) is 11.1. The van der Waals surface area contributed by atoms with Crippen molar-refractivity contribution in [2.45, 2.75) is 19.8 Å². The SMILES string of the molecule is CNc1nc(-c2cc(Br)c(Cl)s2)nc(C(C)C)c1I. The fraction of sp³-hybridized carbons (Fsp3) is 0.333. The van der Waals surface area contributed by atoms with Crippen LogP contribution in [0.25, 0.3) is 10.7 Å². The average Bonchev–Trinajstić information content (AvgIpc) is 2.69. The van der Waals surface area contributed by atoms with E-state index in [4.69, 9.17) is 11.6 Å². The van der Waals surface area contributed by atoms with Gasteiger partial charge in [-0.15, -0.1) is 11.3 Å². The standard InChI is InChI=1S/C12H12BrClIN3S/c1-5(2)9-8(15)12(16-3)18-11(17-9)7-4-6(13)10(14)19-7/h4-5H,1-3H3,(H,16,17,18). The highest BCUT2D eigenvalue weighted by Gasteiger charge is 2.17. The number of nitrogens with zero attached hydrogens (tertiary/aromatic N) is 2. The summed E-state index contributed by atoms with van der Waals surface area (Å²) in [6, 6.07) is 1.96. The van der Waals surface area contributed by atoms with E-state index in [0.29, 0.717) is 16.1 Å². The molecule has 7 heteroatoms. The van der Waals surface area contributed by atoms with Gasteiger partial charge in [-0.3, -0.25) is 0 Å². The molecule has 102 valence electrons. The van der Waals surface area contributed by atoms with Crippen LogP contribution in [0.15, 0.2) is 10.5 Å². The van der Waals surface area contributed by atoms with Crippen molar-refractivity contribution in [1.29, 1.82) is 0 Å². The van der Waals surface area contributed by atoms with Crippen molar-refractivity contribution in [3.05, 3.63) is 24.1 Å². The monoisotopic (exact) mass is 471 g/mol. The van der Waals surface area contributed by atoms with Crippen LogP contribution in [0.5, 0.6) is 0 Å². The summed E-state index contributed by atoms with van der Waals surface area (Å²) < 4.78 is 2.67. The first-order valence-corrected chi connectivity index (χ1v) is 8.71. The van der Waals surface area contributed by atoms with E-state index in [0.717, 1.165) is 24.4 Å². The molecule has 0 unspecified atom stereocenters. The molecular formula is C12H12BrClIN3S. The summed E-state index contributed by atoms with van der Waals surface area (Å²) >= 11 is 13.3. The summed E-state index contributed by atoms with van der Waals surface area (Å²) in [5, 5.41) is 3.12. The maximum Gasteiger partial charge on any atom is 0.172 e. The molecule has 0 atom stereocenters. The van der Waals surface area contributed by atoms with Crippen LogP contribution in [0.1, 0.15) is 25.5 Å². The molecule has 2 aromatic rings. The van der Waals surface area contributed by atoms with Gasteiger partial charge in [0.2, 0.25) is 0 Å². The van der Waals surface area contributed by atoms with Crippen LogP contribution in [-0.4, -0.2) is 17.0 Å². The van der Waals surface area contributed by atoms with Crippen molar-refractivity contribution < 1.29 is 0 Å². The summed E-state index contributed by atoms with van der Waals surface area (Å²) in [5.74, 6) is 1.92. The van der Waals surface area contributed by atoms with Gasteiger partial charge in [-0.1, -0.05) is 25.4 Å². The Bertz CT molecular complexity index is 596. The lowest BCUT2D eigenvalue weighted by Gasteiger charge is -2.12. The van der Waals surface area contributed by atoms with Gasteiger partial charge < -0.3 is 5.32 Å². The van der Waals surface area contributed by atoms with Gasteiger partial charge in [-0.25, -0.2) is 9.97 Å². The second-order valence-corrected chi connectivity index (χ2v) is 7.82. The van der Waals surface area contributed by atoms with Crippen molar-refractivity contribution >= 4 is 67.3 Å². The van der Waals surface area contributed by atoms with Gasteiger partial charge in [-0.2, -0.15) is 0 Å². The molecule has 2 aromatic heterocycles. The Hall–Kier alpha value is 0.0800. The highest BCUT2D eigenvalue weighted by Crippen LogP contribution is 2.38. The maximum atomic E-state index is 6.09. The molecule has 3 nitrogen and oxygen atoms in total. The van der Waals surface area contributed by atoms with E-state index < -0.39 is 0 Å². The first-order chi connectivity index (χ1) is 8.93. The van der Waals surface area contributed by atoms with Crippen LogP contribution >= 0.6 is 61.5 Å². The third-order valence-corrected chi connectivity index (χ3v) is 6.06. The fourth-order valence-corrected chi connectivity index (χ4v) is 4.35. The van der Waals surface area contributed by atoms with Crippen molar-refractivity contribution in [2.24, 2.45) is 0 Å². The molecule has 0 aliphatic rings. The molecule has 0 spiro atoms. The summed E-state index contributed by atoms with van der Waals surface area (Å²) in [6.07, 6.45) is 0. The number of hydrogen-bond donors (Lipinski definition) is 1. The molecule has 0 aliphatic heterocycles. The van der Waals surface area contributed by atoms with Gasteiger partial charge in [0, 0.05) is 11.5 Å². The molecule has 0 saturated carbocycles. The Kier molecular flexibility index (Phi) is 5.08. The molecule has 1 N–H and O–H groups in total. The Balaban J connectivity index is 2.60. The summed E-state index contributed by atoms with van der Waals surface area (Å²) in [7, 11) is 1.87. The van der Waals surface area contributed by atoms with Gasteiger partial charge in [0.1, 0.15) is 10.2 Å². The minimum Gasteiger partial charge on any atom is -0.372 e. The third-order valence-electron chi connectivity index (χ3n) is 2.53. The van der Waals surface area contributed by atoms with E-state index in [1.165, 1.54) is 11.3 Å². The minimum atomic E-state index is 0.347. The lowest BCUT2D eigenvalue weighted by molar-refractivity contribution is 0.810. The molecule has 0 radical (unpaired) electrons. The van der Waals surface area contributed by atoms with E-state index in [9.17, 15) is 0 Å². The third kappa shape index (κ3) is 3.22. The quantitative estimate of drug-likeness (QED) is 0.609. The maximum absolute atomic E-state index is 6.09. The van der Waals surface area contributed by atoms with Crippen LogP contribution < -0.4 is 5.32 Å². The predicted molar refractivity (Wildman–Crippen MR) is 94.4 cm³/mol. The van der Waals surface area contributed by atoms with Gasteiger partial charge in [-0.05, 0) is 50.5 Å². The first-order valence-electron chi connectivity index (χ1n) is 5.64. The smallest absolute Gasteiger partial charge is 0.172 e. The zero-order chi connectivity index (χ0) is 14.2. The molecular weight excluding hydrogens is 460 g/mol. The fourth-order valence-electron chi connectivity index (χ4n) is 1.58. The molecule has 2 heterocycles. The Morgan fingerprint density at radius 3 is 2.58 bits per heavy atom. The molecule has 0 amide bonds. The molecule has 0 aliphatic carbocycles. The largest absolute Gasteiger partial charge is 0.372 e. The zero-order valence-electron chi connectivity index (χ0n) is 10.6. The van der Waals surface area contributed by atoms with Crippen molar-refractivity contribution in [1.82, 2.24) is 9.97 Å². The lowest BCUT2D eigenvalue weighted by atomic mass is 10.1. The molecule has 0 fully saturated rings. The predicted octanol–water partition coefficient (Wildman–Crippen LogP) is 5.39. The van der Waals surface area contributed by atoms with E-state index in [1.54, 1.807) is 0 Å². The summed E-state index contributed by atoms with van der Waals surface area (Å²) in [4.78, 5) is 10.2. The van der Waals surface area contributed by atoms with Gasteiger partial charge in [0.25, 0.3) is 0 Å². The minimum absolute atomic E-state index is 0.347. The van der Waals surface area contributed by atoms with Gasteiger partial charge >= 0.3 is 0 Å². The van der Waals surface area contributed by atoms with Crippen LogP contribution in [0.2, 0.25) is 4.34 Å². The Morgan fingerprint density at radius 2 is 2.11 bits per heavy atom. The molecule has 0 aromatic carbocycles.